The molecule has 2 unspecified atom stereocenters. The smallest absolute Gasteiger partial charge is 0.235 e. The van der Waals surface area contributed by atoms with Crippen LogP contribution in [0.2, 0.25) is 0 Å². The highest BCUT2D eigenvalue weighted by molar-refractivity contribution is 6.30. The normalized spacial score (nSPS) is 22.4. The molecule has 0 saturated carbocycles. The average molecular weight is 440 g/mol. The van der Waals surface area contributed by atoms with Gasteiger partial charge in [0.05, 0.1) is 10.9 Å². The van der Waals surface area contributed by atoms with Crippen LogP contribution in [0.4, 0.5) is 0 Å². The summed E-state index contributed by atoms with van der Waals surface area (Å²) in [6, 6.07) is 5.95. The van der Waals surface area contributed by atoms with Crippen molar-refractivity contribution < 1.29 is 34.8 Å². The van der Waals surface area contributed by atoms with Crippen molar-refractivity contribution in [2.24, 2.45) is 11.7 Å². The number of carbonyl (C=O) groups excluding carboxylic acids is 3. The van der Waals surface area contributed by atoms with Gasteiger partial charge in [0.15, 0.2) is 11.7 Å². The topological polar surface area (TPSA) is 158 Å². The monoisotopic (exact) mass is 439 g/mol. The first-order valence-corrected chi connectivity index (χ1v) is 7.89. The third-order valence-corrected chi connectivity index (χ3v) is 4.93. The van der Waals surface area contributed by atoms with Crippen molar-refractivity contribution in [3.05, 3.63) is 52.8 Å². The Hall–Kier alpha value is -3.07. The fraction of sp³-hybridized carbons (Fsp3) is 0.105. The molecule has 29 heavy (non-hydrogen) atoms. The van der Waals surface area contributed by atoms with E-state index in [0.29, 0.717) is 5.39 Å². The van der Waals surface area contributed by atoms with Crippen molar-refractivity contribution in [1.82, 2.24) is 0 Å². The molecule has 0 bridgehead atoms. The van der Waals surface area contributed by atoms with E-state index in [0.717, 1.165) is 6.08 Å². The molecule has 6 N–H and O–H groups in total. The minimum Gasteiger partial charge on any atom is -0.511 e. The predicted molar refractivity (Wildman–Crippen MR) is 107 cm³/mol. The predicted octanol–water partition coefficient (Wildman–Crippen LogP) is 1.53. The Kier molecular flexibility index (Phi) is 5.42. The number of halogens is 2. The lowest BCUT2D eigenvalue weighted by Crippen LogP contribution is -2.56. The number of ketones is 2. The number of amides is 1. The molecule has 2 atom stereocenters. The molecule has 10 heteroatoms. The fourth-order valence-electron chi connectivity index (χ4n) is 3.63. The van der Waals surface area contributed by atoms with Gasteiger partial charge in [0.1, 0.15) is 17.3 Å². The van der Waals surface area contributed by atoms with Crippen molar-refractivity contribution >= 4 is 59.1 Å². The molecule has 1 amide bonds. The molecule has 0 aromatic heterocycles. The second-order valence-electron chi connectivity index (χ2n) is 6.47. The van der Waals surface area contributed by atoms with E-state index in [-0.39, 0.29) is 52.6 Å². The maximum absolute atomic E-state index is 13.0. The van der Waals surface area contributed by atoms with Crippen LogP contribution in [-0.4, -0.2) is 43.5 Å². The van der Waals surface area contributed by atoms with Crippen LogP contribution in [0.1, 0.15) is 15.9 Å². The summed E-state index contributed by atoms with van der Waals surface area (Å²) in [6.07, 6.45) is 2.20. The molecule has 2 aliphatic rings. The Morgan fingerprint density at radius 1 is 1.07 bits per heavy atom. The first-order chi connectivity index (χ1) is 12.7. The first kappa shape index (κ1) is 22.2. The molecule has 0 radical (unpaired) electrons. The van der Waals surface area contributed by atoms with E-state index in [1.807, 2.05) is 0 Å². The Morgan fingerprint density at radius 2 is 1.72 bits per heavy atom. The Morgan fingerprint density at radius 3 is 2.34 bits per heavy atom. The number of aromatic hydroxyl groups is 2. The van der Waals surface area contributed by atoms with E-state index >= 15 is 0 Å². The molecule has 152 valence electrons. The molecule has 0 spiro atoms. The summed E-state index contributed by atoms with van der Waals surface area (Å²) < 4.78 is 0. The lowest BCUT2D eigenvalue weighted by molar-refractivity contribution is -0.140. The molecular formula is C19H15Cl2NO7. The van der Waals surface area contributed by atoms with Gasteiger partial charge in [0.25, 0.3) is 0 Å². The molecule has 0 heterocycles. The number of fused-ring (bicyclic) bond motifs is 3. The summed E-state index contributed by atoms with van der Waals surface area (Å²) in [5.74, 6) is -7.14. The molecule has 0 aliphatic heterocycles. The minimum absolute atomic E-state index is 0. The fourth-order valence-corrected chi connectivity index (χ4v) is 3.63. The molecule has 2 aromatic carbocycles. The standard InChI is InChI=1S/C19H13NO7.2ClH/c20-18(26)14-11(22)6-9-5-8-4-7-2-1-3-10(21)12(7)15(23)13(8)16(24)19(9,27)17(14)25;;/h1-6,14,21-23,27H,(H2,20,26);2*1H. The number of benzene rings is 2. The summed E-state index contributed by atoms with van der Waals surface area (Å²) in [7, 11) is 0. The van der Waals surface area contributed by atoms with Crippen LogP contribution < -0.4 is 5.73 Å². The van der Waals surface area contributed by atoms with E-state index < -0.39 is 40.5 Å². The molecule has 8 nitrogen and oxygen atoms in total. The van der Waals surface area contributed by atoms with Crippen molar-refractivity contribution in [3.8, 4) is 11.5 Å². The number of hydrogen-bond donors (Lipinski definition) is 5. The van der Waals surface area contributed by atoms with Gasteiger partial charge in [-0.2, -0.15) is 0 Å². The summed E-state index contributed by atoms with van der Waals surface area (Å²) in [5, 5.41) is 41.8. The van der Waals surface area contributed by atoms with Crippen LogP contribution in [-0.2, 0) is 9.59 Å². The second kappa shape index (κ2) is 7.07. The Balaban J connectivity index is 0.00000150. The number of phenols is 2. The molecule has 0 fully saturated rings. The zero-order valence-corrected chi connectivity index (χ0v) is 16.1. The van der Waals surface area contributed by atoms with Gasteiger partial charge >= 0.3 is 0 Å². The zero-order valence-electron chi connectivity index (χ0n) is 14.4. The van der Waals surface area contributed by atoms with Crippen molar-refractivity contribution in [2.45, 2.75) is 5.60 Å². The van der Waals surface area contributed by atoms with Crippen molar-refractivity contribution in [1.29, 1.82) is 0 Å². The number of primary amides is 1. The zero-order chi connectivity index (χ0) is 19.7. The van der Waals surface area contributed by atoms with Gasteiger partial charge in [-0.3, -0.25) is 14.4 Å². The summed E-state index contributed by atoms with van der Waals surface area (Å²) in [4.78, 5) is 37.2. The average Bonchev–Trinajstić information content (AvgIpc) is 2.57. The van der Waals surface area contributed by atoms with Crippen LogP contribution >= 0.6 is 24.8 Å². The summed E-state index contributed by atoms with van der Waals surface area (Å²) >= 11 is 0. The Bertz CT molecular complexity index is 1150. The van der Waals surface area contributed by atoms with E-state index in [1.54, 1.807) is 12.1 Å². The van der Waals surface area contributed by atoms with Gasteiger partial charge in [0.2, 0.25) is 17.3 Å². The first-order valence-electron chi connectivity index (χ1n) is 7.89. The summed E-state index contributed by atoms with van der Waals surface area (Å²) in [5.41, 5.74) is 1.90. The third kappa shape index (κ3) is 2.76. The van der Waals surface area contributed by atoms with E-state index in [9.17, 15) is 34.8 Å². The van der Waals surface area contributed by atoms with Gasteiger partial charge in [-0.05, 0) is 35.2 Å². The van der Waals surface area contributed by atoms with Crippen LogP contribution in [0, 0.1) is 5.92 Å². The van der Waals surface area contributed by atoms with Gasteiger partial charge < -0.3 is 26.2 Å². The number of carbonyl (C=O) groups is 3. The van der Waals surface area contributed by atoms with Crippen LogP contribution in [0.25, 0.3) is 16.8 Å². The quantitative estimate of drug-likeness (QED) is 0.421. The molecule has 2 aliphatic carbocycles. The maximum Gasteiger partial charge on any atom is 0.235 e. The molecule has 2 aromatic rings. The maximum atomic E-state index is 13.0. The molecule has 4 rings (SSSR count). The van der Waals surface area contributed by atoms with Crippen LogP contribution in [0.3, 0.4) is 0 Å². The van der Waals surface area contributed by atoms with Crippen LogP contribution in [0.5, 0.6) is 11.5 Å². The highest BCUT2D eigenvalue weighted by atomic mass is 35.5. The number of phenolic OH excluding ortho intramolecular Hbond substituents is 2. The van der Waals surface area contributed by atoms with E-state index in [1.165, 1.54) is 18.2 Å². The SMILES string of the molecule is Cl.Cl.NC(=O)C1C(=O)C2(O)C(=O)c3c(cc4cccc(O)c4c3O)C=C2C=C1O. The third-order valence-electron chi connectivity index (χ3n) is 4.93. The molecule has 0 saturated heterocycles. The molecular weight excluding hydrogens is 425 g/mol. The van der Waals surface area contributed by atoms with Gasteiger partial charge in [-0.25, -0.2) is 0 Å². The van der Waals surface area contributed by atoms with Gasteiger partial charge in [0, 0.05) is 5.57 Å². The van der Waals surface area contributed by atoms with Crippen molar-refractivity contribution in [2.75, 3.05) is 0 Å². The number of hydrogen-bond acceptors (Lipinski definition) is 7. The number of aliphatic hydroxyl groups is 2. The lowest BCUT2D eigenvalue weighted by Gasteiger charge is -2.36. The Labute approximate surface area is 175 Å². The number of rotatable bonds is 1. The number of nitrogens with two attached hydrogens (primary N) is 1. The number of Topliss-reactive ketones (excluding diaryl/α,β-unsaturated/α-hetero) is 2. The van der Waals surface area contributed by atoms with E-state index in [4.69, 9.17) is 5.73 Å². The van der Waals surface area contributed by atoms with Crippen LogP contribution in [0.15, 0.2) is 41.7 Å². The largest absolute Gasteiger partial charge is 0.511 e. The minimum atomic E-state index is -2.78. The van der Waals surface area contributed by atoms with Crippen molar-refractivity contribution in [3.63, 3.8) is 0 Å². The van der Waals surface area contributed by atoms with E-state index in [2.05, 4.69) is 0 Å². The lowest BCUT2D eigenvalue weighted by atomic mass is 9.68. The highest BCUT2D eigenvalue weighted by Gasteiger charge is 2.57. The second-order valence-corrected chi connectivity index (χ2v) is 6.47. The summed E-state index contributed by atoms with van der Waals surface area (Å²) in [6.45, 7) is 0. The van der Waals surface area contributed by atoms with Gasteiger partial charge in [-0.1, -0.05) is 12.1 Å². The highest BCUT2D eigenvalue weighted by Crippen LogP contribution is 2.46. The van der Waals surface area contributed by atoms with Gasteiger partial charge in [-0.15, -0.1) is 24.8 Å². The number of aliphatic hydroxyl groups excluding tert-OH is 1.